The zero-order valence-corrected chi connectivity index (χ0v) is 15.7. The maximum Gasteiger partial charge on any atom is 0.340 e. The Morgan fingerprint density at radius 2 is 1.93 bits per heavy atom. The molecule has 0 saturated heterocycles. The molecule has 0 aliphatic carbocycles. The van der Waals surface area contributed by atoms with Crippen molar-refractivity contribution in [1.29, 1.82) is 0 Å². The van der Waals surface area contributed by atoms with Gasteiger partial charge >= 0.3 is 5.97 Å². The Morgan fingerprint density at radius 1 is 1.15 bits per heavy atom. The molecule has 0 bridgehead atoms. The van der Waals surface area contributed by atoms with Crippen LogP contribution >= 0.6 is 23.2 Å². The number of ether oxygens (including phenoxy) is 2. The number of rotatable bonds is 5. The van der Waals surface area contributed by atoms with Gasteiger partial charge in [-0.15, -0.1) is 0 Å². The molecule has 0 saturated carbocycles. The summed E-state index contributed by atoms with van der Waals surface area (Å²) < 4.78 is 11.5. The van der Waals surface area contributed by atoms with Gasteiger partial charge in [-0.25, -0.2) is 4.79 Å². The molecule has 3 aromatic rings. The first kappa shape index (κ1) is 18.9. The summed E-state index contributed by atoms with van der Waals surface area (Å²) in [6, 6.07) is 13.6. The van der Waals surface area contributed by atoms with E-state index in [2.05, 4.69) is 5.10 Å². The van der Waals surface area contributed by atoms with Crippen LogP contribution in [-0.4, -0.2) is 22.9 Å². The topological polar surface area (TPSA) is 70.4 Å². The number of para-hydroxylation sites is 1. The smallest absolute Gasteiger partial charge is 0.340 e. The van der Waals surface area contributed by atoms with E-state index < -0.39 is 11.5 Å². The van der Waals surface area contributed by atoms with Crippen molar-refractivity contribution in [3.63, 3.8) is 0 Å². The van der Waals surface area contributed by atoms with Crippen molar-refractivity contribution in [3.8, 4) is 11.4 Å². The highest BCUT2D eigenvalue weighted by atomic mass is 35.5. The summed E-state index contributed by atoms with van der Waals surface area (Å²) in [5, 5.41) is 3.82. The molecule has 8 heteroatoms. The number of hydrogen-bond acceptors (Lipinski definition) is 5. The lowest BCUT2D eigenvalue weighted by Crippen LogP contribution is -2.23. The molecule has 0 unspecified atom stereocenters. The Morgan fingerprint density at radius 3 is 2.70 bits per heavy atom. The second-order valence-electron chi connectivity index (χ2n) is 5.47. The average molecular weight is 405 g/mol. The largest absolute Gasteiger partial charge is 0.497 e. The molecular formula is C19H14Cl2N2O4. The van der Waals surface area contributed by atoms with E-state index in [4.69, 9.17) is 32.7 Å². The van der Waals surface area contributed by atoms with E-state index in [0.717, 1.165) is 10.2 Å². The molecule has 0 fully saturated rings. The number of aromatic nitrogens is 2. The van der Waals surface area contributed by atoms with Gasteiger partial charge in [0.25, 0.3) is 5.56 Å². The third-order valence-electron chi connectivity index (χ3n) is 3.73. The van der Waals surface area contributed by atoms with Gasteiger partial charge in [-0.1, -0.05) is 47.5 Å². The maximum atomic E-state index is 12.6. The zero-order chi connectivity index (χ0) is 19.4. The number of hydrogen-bond donors (Lipinski definition) is 0. The SMILES string of the molecule is COc1cccc(COC(=O)c2ccccc2-n2ncc(Cl)c(Cl)c2=O)c1. The molecule has 3 rings (SSSR count). The highest BCUT2D eigenvalue weighted by molar-refractivity contribution is 6.41. The summed E-state index contributed by atoms with van der Waals surface area (Å²) in [5.41, 5.74) is 0.562. The van der Waals surface area contributed by atoms with Gasteiger partial charge in [0.15, 0.2) is 0 Å². The summed E-state index contributed by atoms with van der Waals surface area (Å²) in [4.78, 5) is 24.9. The molecule has 0 aliphatic rings. The molecule has 1 heterocycles. The number of methoxy groups -OCH3 is 1. The van der Waals surface area contributed by atoms with Crippen LogP contribution in [0.2, 0.25) is 10.0 Å². The molecule has 27 heavy (non-hydrogen) atoms. The quantitative estimate of drug-likeness (QED) is 0.602. The van der Waals surface area contributed by atoms with Gasteiger partial charge in [0.05, 0.1) is 29.6 Å². The molecule has 1 aromatic heterocycles. The molecule has 6 nitrogen and oxygen atoms in total. The fraction of sp³-hybridized carbons (Fsp3) is 0.105. The van der Waals surface area contributed by atoms with Crippen molar-refractivity contribution in [2.75, 3.05) is 7.11 Å². The third-order valence-corrected chi connectivity index (χ3v) is 4.48. The molecule has 0 amide bonds. The summed E-state index contributed by atoms with van der Waals surface area (Å²) in [7, 11) is 1.56. The van der Waals surface area contributed by atoms with Gasteiger partial charge in [0.2, 0.25) is 0 Å². The zero-order valence-electron chi connectivity index (χ0n) is 14.2. The van der Waals surface area contributed by atoms with Crippen molar-refractivity contribution in [2.45, 2.75) is 6.61 Å². The number of carbonyl (C=O) groups excluding carboxylic acids is 1. The van der Waals surface area contributed by atoms with Crippen LogP contribution in [0.3, 0.4) is 0 Å². The van der Waals surface area contributed by atoms with Crippen molar-refractivity contribution >= 4 is 29.2 Å². The Kier molecular flexibility index (Phi) is 5.78. The Hall–Kier alpha value is -2.83. The van der Waals surface area contributed by atoms with E-state index in [1.807, 2.05) is 6.07 Å². The Labute approximate surface area is 164 Å². The van der Waals surface area contributed by atoms with Crippen LogP contribution in [0.4, 0.5) is 0 Å². The molecule has 0 aliphatic heterocycles. The molecule has 0 N–H and O–H groups in total. The Balaban J connectivity index is 1.88. The number of halogens is 2. The highest BCUT2D eigenvalue weighted by Crippen LogP contribution is 2.19. The van der Waals surface area contributed by atoms with Gasteiger partial charge in [-0.2, -0.15) is 9.78 Å². The lowest BCUT2D eigenvalue weighted by molar-refractivity contribution is 0.0472. The van der Waals surface area contributed by atoms with Crippen molar-refractivity contribution in [3.05, 3.63) is 86.3 Å². The van der Waals surface area contributed by atoms with Crippen LogP contribution in [0.1, 0.15) is 15.9 Å². The van der Waals surface area contributed by atoms with E-state index in [0.29, 0.717) is 5.75 Å². The molecule has 2 aromatic carbocycles. The number of carbonyl (C=O) groups is 1. The highest BCUT2D eigenvalue weighted by Gasteiger charge is 2.17. The third kappa shape index (κ3) is 4.13. The van der Waals surface area contributed by atoms with Gasteiger partial charge in [0, 0.05) is 0 Å². The predicted molar refractivity (Wildman–Crippen MR) is 102 cm³/mol. The molecule has 138 valence electrons. The van der Waals surface area contributed by atoms with E-state index in [1.54, 1.807) is 49.6 Å². The van der Waals surface area contributed by atoms with Crippen LogP contribution in [0.5, 0.6) is 5.75 Å². The predicted octanol–water partition coefficient (Wildman–Crippen LogP) is 3.90. The fourth-order valence-corrected chi connectivity index (χ4v) is 2.66. The minimum Gasteiger partial charge on any atom is -0.497 e. The minimum absolute atomic E-state index is 0.0380. The van der Waals surface area contributed by atoms with Crippen LogP contribution in [0.15, 0.2) is 59.5 Å². The van der Waals surface area contributed by atoms with Crippen LogP contribution < -0.4 is 10.3 Å². The standard InChI is InChI=1S/C19H14Cl2N2O4/c1-26-13-6-4-5-12(9-13)11-27-19(25)14-7-2-3-8-16(14)23-18(24)17(21)15(20)10-22-23/h2-10H,11H2,1H3. The van der Waals surface area contributed by atoms with Gasteiger partial charge in [0.1, 0.15) is 17.4 Å². The molecular weight excluding hydrogens is 391 g/mol. The first-order valence-corrected chi connectivity index (χ1v) is 8.59. The average Bonchev–Trinajstić information content (AvgIpc) is 2.70. The van der Waals surface area contributed by atoms with Crippen molar-refractivity contribution in [1.82, 2.24) is 9.78 Å². The molecule has 0 radical (unpaired) electrons. The first-order valence-electron chi connectivity index (χ1n) is 7.84. The second kappa shape index (κ2) is 8.24. The fourth-order valence-electron chi connectivity index (χ4n) is 2.40. The van der Waals surface area contributed by atoms with Crippen LogP contribution in [-0.2, 0) is 11.3 Å². The normalized spacial score (nSPS) is 10.5. The van der Waals surface area contributed by atoms with Crippen LogP contribution in [0, 0.1) is 0 Å². The minimum atomic E-state index is -0.628. The summed E-state index contributed by atoms with van der Waals surface area (Å²) in [5.74, 6) is 0.0590. The first-order chi connectivity index (χ1) is 13.0. The van der Waals surface area contributed by atoms with E-state index in [1.165, 1.54) is 6.20 Å². The monoisotopic (exact) mass is 404 g/mol. The lowest BCUT2D eigenvalue weighted by Gasteiger charge is -2.11. The van der Waals surface area contributed by atoms with Gasteiger partial charge < -0.3 is 9.47 Å². The lowest BCUT2D eigenvalue weighted by atomic mass is 10.1. The Bertz CT molecular complexity index is 1050. The van der Waals surface area contributed by atoms with Crippen LogP contribution in [0.25, 0.3) is 5.69 Å². The van der Waals surface area contributed by atoms with Crippen molar-refractivity contribution in [2.24, 2.45) is 0 Å². The van der Waals surface area contributed by atoms with E-state index >= 15 is 0 Å². The van der Waals surface area contributed by atoms with Gasteiger partial charge in [-0.3, -0.25) is 4.79 Å². The molecule has 0 spiro atoms. The number of esters is 1. The second-order valence-corrected chi connectivity index (χ2v) is 6.25. The molecule has 0 atom stereocenters. The maximum absolute atomic E-state index is 12.6. The van der Waals surface area contributed by atoms with Gasteiger partial charge in [-0.05, 0) is 29.8 Å². The summed E-state index contributed by atoms with van der Waals surface area (Å²) in [6.45, 7) is 0.0497. The summed E-state index contributed by atoms with van der Waals surface area (Å²) >= 11 is 11.7. The van der Waals surface area contributed by atoms with Crippen molar-refractivity contribution < 1.29 is 14.3 Å². The van der Waals surface area contributed by atoms with E-state index in [9.17, 15) is 9.59 Å². The number of nitrogens with zero attached hydrogens (tertiary/aromatic N) is 2. The van der Waals surface area contributed by atoms with E-state index in [-0.39, 0.29) is 27.9 Å². The number of benzene rings is 2. The summed E-state index contributed by atoms with van der Waals surface area (Å²) in [6.07, 6.45) is 1.24.